The molecule has 20 heavy (non-hydrogen) atoms. The third-order valence-corrected chi connectivity index (χ3v) is 4.11. The van der Waals surface area contributed by atoms with E-state index in [1.165, 1.54) is 0 Å². The van der Waals surface area contributed by atoms with E-state index >= 15 is 0 Å². The molecule has 1 aliphatic heterocycles. The van der Waals surface area contributed by atoms with E-state index in [1.807, 2.05) is 13.8 Å². The molecule has 3 atom stereocenters. The van der Waals surface area contributed by atoms with E-state index in [0.717, 1.165) is 12.8 Å². The van der Waals surface area contributed by atoms with Crippen molar-refractivity contribution in [2.75, 3.05) is 13.2 Å². The molecular formula is C14H20NNaO4. The van der Waals surface area contributed by atoms with Gasteiger partial charge in [0.05, 0.1) is 24.5 Å². The number of hydrogen-bond acceptors (Lipinski definition) is 5. The molecule has 0 N–H and O–H groups in total. The number of fused-ring (bicyclic) bond motifs is 2. The Balaban J connectivity index is 0.00000200. The number of nitrogens with zero attached hydrogens (tertiary/aromatic N) is 1. The summed E-state index contributed by atoms with van der Waals surface area (Å²) < 4.78 is 5.30. The fraction of sp³-hybridized carbons (Fsp3) is 0.786. The van der Waals surface area contributed by atoms with Crippen LogP contribution < -0.4 is 34.7 Å². The number of rotatable bonds is 3. The van der Waals surface area contributed by atoms with Gasteiger partial charge in [-0.2, -0.15) is 0 Å². The van der Waals surface area contributed by atoms with E-state index in [9.17, 15) is 14.7 Å². The molecule has 0 radical (unpaired) electrons. The van der Waals surface area contributed by atoms with Crippen LogP contribution in [-0.4, -0.2) is 31.3 Å². The standard InChI is InChI=1S/C14H21NO4.Na/c1-12(8-15-4-10(16)17)5-13(2)7-14(3,6-12)11(18)19-9-13;/h8H,4-7,9H2,1-3H3,(H,16,17);/q;+1/p-1. The molecule has 106 valence electrons. The molecule has 2 aliphatic rings. The number of carbonyl (C=O) groups excluding carboxylic acids is 2. The minimum Gasteiger partial charge on any atom is -0.548 e. The van der Waals surface area contributed by atoms with E-state index in [4.69, 9.17) is 4.74 Å². The number of aliphatic imine (C=N–C) groups is 1. The average molecular weight is 289 g/mol. The normalized spacial score (nSPS) is 40.0. The minimum absolute atomic E-state index is 0. The van der Waals surface area contributed by atoms with Gasteiger partial charge in [-0.1, -0.05) is 13.8 Å². The topological polar surface area (TPSA) is 78.8 Å². The third kappa shape index (κ3) is 3.62. The maximum Gasteiger partial charge on any atom is 1.00 e. The minimum atomic E-state index is -1.19. The Morgan fingerprint density at radius 2 is 2.00 bits per heavy atom. The second kappa shape index (κ2) is 5.78. The number of carboxylic acids is 1. The first-order valence-electron chi connectivity index (χ1n) is 6.55. The second-order valence-corrected chi connectivity index (χ2v) is 6.97. The fourth-order valence-electron chi connectivity index (χ4n) is 4.09. The van der Waals surface area contributed by atoms with Crippen LogP contribution in [0.4, 0.5) is 0 Å². The first-order valence-corrected chi connectivity index (χ1v) is 6.55. The molecule has 5 nitrogen and oxygen atoms in total. The molecule has 2 bridgehead atoms. The molecule has 6 heteroatoms. The Hall–Kier alpha value is -0.390. The Kier molecular flexibility index (Phi) is 5.10. The molecule has 1 aliphatic carbocycles. The summed E-state index contributed by atoms with van der Waals surface area (Å²) in [5, 5.41) is 10.4. The summed E-state index contributed by atoms with van der Waals surface area (Å²) in [7, 11) is 0. The molecule has 0 aromatic rings. The summed E-state index contributed by atoms with van der Waals surface area (Å²) in [6.07, 6.45) is 4.00. The maximum absolute atomic E-state index is 12.0. The largest absolute Gasteiger partial charge is 1.00 e. The summed E-state index contributed by atoms with van der Waals surface area (Å²) in [4.78, 5) is 26.3. The van der Waals surface area contributed by atoms with Crippen LogP contribution in [0.25, 0.3) is 0 Å². The summed E-state index contributed by atoms with van der Waals surface area (Å²) in [5.41, 5.74) is -0.812. The third-order valence-electron chi connectivity index (χ3n) is 4.11. The van der Waals surface area contributed by atoms with Crippen molar-refractivity contribution in [2.24, 2.45) is 21.2 Å². The van der Waals surface area contributed by atoms with Gasteiger partial charge in [-0.25, -0.2) is 0 Å². The Labute approximate surface area is 141 Å². The number of esters is 1. The molecule has 1 saturated heterocycles. The van der Waals surface area contributed by atoms with Gasteiger partial charge in [0.15, 0.2) is 0 Å². The van der Waals surface area contributed by atoms with Crippen LogP contribution in [0.15, 0.2) is 4.99 Å². The molecule has 1 saturated carbocycles. The van der Waals surface area contributed by atoms with Crippen LogP contribution in [0, 0.1) is 16.2 Å². The number of aliphatic carboxylic acids is 1. The van der Waals surface area contributed by atoms with Crippen molar-refractivity contribution in [3.05, 3.63) is 0 Å². The van der Waals surface area contributed by atoms with Gasteiger partial charge in [0.25, 0.3) is 0 Å². The van der Waals surface area contributed by atoms with Gasteiger partial charge in [0, 0.05) is 17.0 Å². The van der Waals surface area contributed by atoms with Gasteiger partial charge in [0.1, 0.15) is 0 Å². The molecule has 2 rings (SSSR count). The molecule has 0 spiro atoms. The van der Waals surface area contributed by atoms with Crippen molar-refractivity contribution >= 4 is 18.2 Å². The van der Waals surface area contributed by atoms with Crippen molar-refractivity contribution < 1.29 is 49.0 Å². The SMILES string of the molecule is CC1(C=NCC(=O)[O-])CC2(C)COC(=O)C(C)(C1)C2.[Na+]. The van der Waals surface area contributed by atoms with Gasteiger partial charge < -0.3 is 14.6 Å². The fourth-order valence-corrected chi connectivity index (χ4v) is 4.09. The summed E-state index contributed by atoms with van der Waals surface area (Å²) >= 11 is 0. The molecule has 0 aromatic carbocycles. The average Bonchev–Trinajstić information content (AvgIpc) is 2.21. The van der Waals surface area contributed by atoms with E-state index in [0.29, 0.717) is 13.0 Å². The van der Waals surface area contributed by atoms with E-state index in [2.05, 4.69) is 11.9 Å². The zero-order valence-electron chi connectivity index (χ0n) is 12.7. The number of carboxylic acid groups (broad SMARTS) is 1. The molecule has 3 unspecified atom stereocenters. The van der Waals surface area contributed by atoms with E-state index in [-0.39, 0.29) is 52.9 Å². The predicted molar refractivity (Wildman–Crippen MR) is 67.5 cm³/mol. The number of cyclic esters (lactones) is 1. The van der Waals surface area contributed by atoms with Gasteiger partial charge in [-0.3, -0.25) is 9.79 Å². The first-order chi connectivity index (χ1) is 8.67. The predicted octanol–water partition coefficient (Wildman–Crippen LogP) is -2.43. The van der Waals surface area contributed by atoms with Gasteiger partial charge in [-0.05, 0) is 26.2 Å². The zero-order chi connectivity index (χ0) is 14.3. The maximum atomic E-state index is 12.0. The van der Waals surface area contributed by atoms with E-state index in [1.54, 1.807) is 6.21 Å². The summed E-state index contributed by atoms with van der Waals surface area (Å²) in [6.45, 7) is 6.18. The van der Waals surface area contributed by atoms with Crippen LogP contribution in [0.5, 0.6) is 0 Å². The second-order valence-electron chi connectivity index (χ2n) is 6.97. The van der Waals surface area contributed by atoms with Gasteiger partial charge in [-0.15, -0.1) is 0 Å². The zero-order valence-corrected chi connectivity index (χ0v) is 14.7. The quantitative estimate of drug-likeness (QED) is 0.329. The summed E-state index contributed by atoms with van der Waals surface area (Å²) in [5.74, 6) is -1.34. The van der Waals surface area contributed by atoms with Crippen molar-refractivity contribution in [1.29, 1.82) is 0 Å². The summed E-state index contributed by atoms with van der Waals surface area (Å²) in [6, 6.07) is 0. The molecular weight excluding hydrogens is 269 g/mol. The molecule has 2 fully saturated rings. The molecule has 1 heterocycles. The van der Waals surface area contributed by atoms with E-state index < -0.39 is 11.4 Å². The van der Waals surface area contributed by atoms with Gasteiger partial charge in [0.2, 0.25) is 0 Å². The number of carbonyl (C=O) groups is 2. The van der Waals surface area contributed by atoms with Crippen LogP contribution in [0.3, 0.4) is 0 Å². The Morgan fingerprint density at radius 3 is 2.60 bits per heavy atom. The Morgan fingerprint density at radius 1 is 1.35 bits per heavy atom. The van der Waals surface area contributed by atoms with Crippen molar-refractivity contribution in [2.45, 2.75) is 40.0 Å². The number of ether oxygens (including phenoxy) is 1. The van der Waals surface area contributed by atoms with Crippen LogP contribution in [0.1, 0.15) is 40.0 Å². The van der Waals surface area contributed by atoms with Gasteiger partial charge >= 0.3 is 35.5 Å². The monoisotopic (exact) mass is 289 g/mol. The van der Waals surface area contributed by atoms with Crippen molar-refractivity contribution in [1.82, 2.24) is 0 Å². The van der Waals surface area contributed by atoms with Crippen LogP contribution >= 0.6 is 0 Å². The molecule has 0 amide bonds. The molecule has 0 aromatic heterocycles. The smallest absolute Gasteiger partial charge is 0.548 e. The Bertz CT molecular complexity index is 452. The number of hydrogen-bond donors (Lipinski definition) is 0. The van der Waals surface area contributed by atoms with Crippen LogP contribution in [0.2, 0.25) is 0 Å². The van der Waals surface area contributed by atoms with Crippen molar-refractivity contribution in [3.63, 3.8) is 0 Å². The van der Waals surface area contributed by atoms with Crippen molar-refractivity contribution in [3.8, 4) is 0 Å². The first kappa shape index (κ1) is 17.7. The van der Waals surface area contributed by atoms with Crippen LogP contribution in [-0.2, 0) is 14.3 Å².